The highest BCUT2D eigenvalue weighted by Gasteiger charge is 2.39. The lowest BCUT2D eigenvalue weighted by molar-refractivity contribution is -0.116. The van der Waals surface area contributed by atoms with Gasteiger partial charge in [0.2, 0.25) is 5.91 Å². The summed E-state index contributed by atoms with van der Waals surface area (Å²) in [6.45, 7) is 0.884. The number of anilines is 1. The van der Waals surface area contributed by atoms with Crippen LogP contribution in [0.1, 0.15) is 28.9 Å². The molecule has 0 aliphatic carbocycles. The number of carbonyl (C=O) groups is 2. The third-order valence-electron chi connectivity index (χ3n) is 8.01. The Balaban J connectivity index is 1.28. The van der Waals surface area contributed by atoms with Gasteiger partial charge in [-0.2, -0.15) is 0 Å². The van der Waals surface area contributed by atoms with E-state index in [9.17, 15) is 9.59 Å². The first-order valence-electron chi connectivity index (χ1n) is 14.1. The van der Waals surface area contributed by atoms with Crippen LogP contribution < -0.4 is 11.1 Å². The minimum Gasteiger partial charge on any atom is -0.373 e. The lowest BCUT2D eigenvalue weighted by Gasteiger charge is -2.42. The number of ether oxygens (including phenoxy) is 1. The Kier molecular flexibility index (Phi) is 7.84. The van der Waals surface area contributed by atoms with E-state index in [4.69, 9.17) is 22.1 Å². The zero-order valence-electron chi connectivity index (χ0n) is 23.6. The van der Waals surface area contributed by atoms with Gasteiger partial charge in [-0.3, -0.25) is 9.59 Å². The number of fused-ring (bicyclic) bond motifs is 1. The molecule has 1 fully saturated rings. The number of nitrogens with two attached hydrogens (primary N) is 1. The number of halogens is 1. The molecule has 5 aromatic rings. The Bertz CT molecular complexity index is 1800. The number of piperidine rings is 1. The van der Waals surface area contributed by atoms with Crippen LogP contribution in [0.4, 0.5) is 5.82 Å². The largest absolute Gasteiger partial charge is 0.373 e. The van der Waals surface area contributed by atoms with E-state index < -0.39 is 11.5 Å². The van der Waals surface area contributed by atoms with Gasteiger partial charge in [-0.05, 0) is 36.1 Å². The number of aromatic nitrogens is 3. The molecule has 0 saturated carbocycles. The number of H-pyrrole nitrogens is 1. The first-order valence-corrected chi connectivity index (χ1v) is 14.4. The molecular formula is C33H31ClN6O3. The van der Waals surface area contributed by atoms with Crippen molar-refractivity contribution in [2.24, 2.45) is 5.73 Å². The molecule has 1 aliphatic rings. The number of aromatic amines is 1. The number of primary amides is 1. The van der Waals surface area contributed by atoms with E-state index in [-0.39, 0.29) is 12.5 Å². The van der Waals surface area contributed by atoms with Gasteiger partial charge < -0.3 is 25.7 Å². The second-order valence-corrected chi connectivity index (χ2v) is 11.0. The van der Waals surface area contributed by atoms with Crippen LogP contribution in [0.5, 0.6) is 0 Å². The molecule has 43 heavy (non-hydrogen) atoms. The number of nitrogens with one attached hydrogen (secondary N) is 2. The summed E-state index contributed by atoms with van der Waals surface area (Å²) in [4.78, 5) is 39.6. The molecule has 0 spiro atoms. The number of methoxy groups -OCH3 is 1. The molecule has 0 unspecified atom stereocenters. The van der Waals surface area contributed by atoms with Crippen LogP contribution in [0.15, 0.2) is 84.9 Å². The normalized spacial score (nSPS) is 14.5. The van der Waals surface area contributed by atoms with E-state index in [1.165, 1.54) is 0 Å². The number of carbonyl (C=O) groups excluding carboxylic acids is 2. The zero-order chi connectivity index (χ0) is 30.0. The topological polar surface area (TPSA) is 126 Å². The standard InChI is InChI=1S/C33H31ClN6O3/c1-43-33(25-13-7-5-11-22(25)23-12-6-8-14-26(23)34)15-17-40(18-16-33)32(42)27-19-24-30(36-20-28(35)41)38-29(39-31(24)37-27)21-9-3-2-4-10-21/h2-14,19H,15-18,20H2,1H3,(H2,35,41)(H2,36,37,38,39). The number of amides is 2. The first kappa shape index (κ1) is 28.4. The average Bonchev–Trinajstić information content (AvgIpc) is 3.48. The molecule has 3 aromatic carbocycles. The Morgan fingerprint density at radius 3 is 2.35 bits per heavy atom. The SMILES string of the molecule is COC1(c2ccccc2-c2ccccc2Cl)CCN(C(=O)c2cc3c(NCC(N)=O)nc(-c4ccccc4)nc3[nH]2)CC1. The Morgan fingerprint density at radius 2 is 1.65 bits per heavy atom. The molecule has 0 bridgehead atoms. The van der Waals surface area contributed by atoms with Gasteiger partial charge in [-0.1, -0.05) is 84.4 Å². The summed E-state index contributed by atoms with van der Waals surface area (Å²) in [6.07, 6.45) is 1.22. The summed E-state index contributed by atoms with van der Waals surface area (Å²) >= 11 is 6.58. The first-order chi connectivity index (χ1) is 20.9. The summed E-state index contributed by atoms with van der Waals surface area (Å²) in [6, 6.07) is 27.2. The summed E-state index contributed by atoms with van der Waals surface area (Å²) in [7, 11) is 1.72. The number of benzene rings is 3. The van der Waals surface area contributed by atoms with Gasteiger partial charge in [0.25, 0.3) is 5.91 Å². The Morgan fingerprint density at radius 1 is 0.977 bits per heavy atom. The maximum Gasteiger partial charge on any atom is 0.270 e. The number of nitrogens with zero attached hydrogens (tertiary/aromatic N) is 3. The summed E-state index contributed by atoms with van der Waals surface area (Å²) in [5, 5.41) is 4.27. The monoisotopic (exact) mass is 594 g/mol. The van der Waals surface area contributed by atoms with Gasteiger partial charge in [-0.15, -0.1) is 0 Å². The van der Waals surface area contributed by atoms with E-state index in [1.54, 1.807) is 13.2 Å². The highest BCUT2D eigenvalue weighted by molar-refractivity contribution is 6.33. The number of rotatable bonds is 8. The second-order valence-electron chi connectivity index (χ2n) is 10.5. The van der Waals surface area contributed by atoms with Crippen molar-refractivity contribution in [2.75, 3.05) is 32.1 Å². The second kappa shape index (κ2) is 11.9. The van der Waals surface area contributed by atoms with Crippen molar-refractivity contribution in [1.82, 2.24) is 19.9 Å². The molecule has 1 saturated heterocycles. The molecule has 10 heteroatoms. The maximum absolute atomic E-state index is 13.8. The van der Waals surface area contributed by atoms with Gasteiger partial charge in [0.15, 0.2) is 5.82 Å². The molecule has 3 heterocycles. The minimum atomic E-state index is -0.575. The molecule has 218 valence electrons. The highest BCUT2D eigenvalue weighted by Crippen LogP contribution is 2.43. The lowest BCUT2D eigenvalue weighted by atomic mass is 9.80. The highest BCUT2D eigenvalue weighted by atomic mass is 35.5. The van der Waals surface area contributed by atoms with Crippen molar-refractivity contribution in [2.45, 2.75) is 18.4 Å². The average molecular weight is 595 g/mol. The van der Waals surface area contributed by atoms with E-state index in [0.717, 1.165) is 22.3 Å². The van der Waals surface area contributed by atoms with Crippen LogP contribution in [-0.2, 0) is 15.1 Å². The van der Waals surface area contributed by atoms with Crippen LogP contribution in [0.2, 0.25) is 5.02 Å². The van der Waals surface area contributed by atoms with Crippen LogP contribution in [0, 0.1) is 0 Å². The summed E-state index contributed by atoms with van der Waals surface area (Å²) in [5.74, 6) is 0.210. The molecular weight excluding hydrogens is 564 g/mol. The molecule has 4 N–H and O–H groups in total. The molecule has 2 aromatic heterocycles. The summed E-state index contributed by atoms with van der Waals surface area (Å²) in [5.41, 5.74) is 9.51. The van der Waals surface area contributed by atoms with Crippen molar-refractivity contribution in [3.05, 3.63) is 101 Å². The van der Waals surface area contributed by atoms with E-state index in [1.807, 2.05) is 71.6 Å². The van der Waals surface area contributed by atoms with Crippen LogP contribution in [-0.4, -0.2) is 58.4 Å². The number of hydrogen-bond donors (Lipinski definition) is 3. The summed E-state index contributed by atoms with van der Waals surface area (Å²) < 4.78 is 6.21. The Hall–Kier alpha value is -4.73. The minimum absolute atomic E-state index is 0.101. The van der Waals surface area contributed by atoms with Crippen molar-refractivity contribution >= 4 is 40.3 Å². The van der Waals surface area contributed by atoms with E-state index in [0.29, 0.717) is 59.3 Å². The van der Waals surface area contributed by atoms with Crippen molar-refractivity contribution in [3.8, 4) is 22.5 Å². The lowest BCUT2D eigenvalue weighted by Crippen LogP contribution is -2.46. The van der Waals surface area contributed by atoms with Crippen molar-refractivity contribution < 1.29 is 14.3 Å². The van der Waals surface area contributed by atoms with E-state index in [2.05, 4.69) is 32.4 Å². The third kappa shape index (κ3) is 5.57. The Labute approximate surface area is 254 Å². The third-order valence-corrected chi connectivity index (χ3v) is 8.34. The van der Waals surface area contributed by atoms with E-state index >= 15 is 0 Å². The number of hydrogen-bond acceptors (Lipinski definition) is 6. The molecule has 2 amide bonds. The van der Waals surface area contributed by atoms with Crippen LogP contribution in [0.3, 0.4) is 0 Å². The van der Waals surface area contributed by atoms with Crippen molar-refractivity contribution in [3.63, 3.8) is 0 Å². The van der Waals surface area contributed by atoms with Gasteiger partial charge >= 0.3 is 0 Å². The van der Waals surface area contributed by atoms with Crippen LogP contribution >= 0.6 is 11.6 Å². The smallest absolute Gasteiger partial charge is 0.270 e. The zero-order valence-corrected chi connectivity index (χ0v) is 24.4. The van der Waals surface area contributed by atoms with Crippen LogP contribution in [0.25, 0.3) is 33.5 Å². The van der Waals surface area contributed by atoms with Gasteiger partial charge in [0.05, 0.1) is 17.5 Å². The molecule has 0 atom stereocenters. The van der Waals surface area contributed by atoms with Crippen molar-refractivity contribution in [1.29, 1.82) is 0 Å². The quantitative estimate of drug-likeness (QED) is 0.214. The fourth-order valence-electron chi connectivity index (χ4n) is 5.77. The molecule has 6 rings (SSSR count). The molecule has 9 nitrogen and oxygen atoms in total. The number of likely N-dealkylation sites (tertiary alicyclic amines) is 1. The van der Waals surface area contributed by atoms with Gasteiger partial charge in [0, 0.05) is 36.3 Å². The fourth-order valence-corrected chi connectivity index (χ4v) is 6.00. The predicted molar refractivity (Wildman–Crippen MR) is 168 cm³/mol. The molecule has 1 aliphatic heterocycles. The van der Waals surface area contributed by atoms with Gasteiger partial charge in [-0.25, -0.2) is 9.97 Å². The van der Waals surface area contributed by atoms with Gasteiger partial charge in [0.1, 0.15) is 17.2 Å². The molecule has 0 radical (unpaired) electrons. The predicted octanol–water partition coefficient (Wildman–Crippen LogP) is 5.62. The maximum atomic E-state index is 13.8. The fraction of sp³-hybridized carbons (Fsp3) is 0.212.